The summed E-state index contributed by atoms with van der Waals surface area (Å²) < 4.78 is 10.5. The highest BCUT2D eigenvalue weighted by atomic mass is 16.5. The van der Waals surface area contributed by atoms with Gasteiger partial charge in [0, 0.05) is 5.39 Å². The normalized spacial score (nSPS) is 11.4. The first-order valence-electron chi connectivity index (χ1n) is 8.32. The van der Waals surface area contributed by atoms with Gasteiger partial charge in [0.2, 0.25) is 0 Å². The zero-order chi connectivity index (χ0) is 18.8. The second-order valence-corrected chi connectivity index (χ2v) is 5.94. The van der Waals surface area contributed by atoms with Crippen LogP contribution in [0.2, 0.25) is 0 Å². The van der Waals surface area contributed by atoms with E-state index in [-0.39, 0.29) is 0 Å². The number of hydrogen-bond donors (Lipinski definition) is 2. The fourth-order valence-electron chi connectivity index (χ4n) is 2.89. The Morgan fingerprint density at radius 1 is 1.07 bits per heavy atom. The van der Waals surface area contributed by atoms with Gasteiger partial charge in [0.25, 0.3) is 5.95 Å². The number of para-hydroxylation sites is 1. The number of anilines is 1. The van der Waals surface area contributed by atoms with Crippen LogP contribution in [0.4, 0.5) is 5.95 Å². The van der Waals surface area contributed by atoms with Crippen LogP contribution in [0.1, 0.15) is 11.1 Å². The number of hydrazone groups is 1. The number of nitrogens with zero attached hydrogens (tertiary/aromatic N) is 4. The molecule has 2 aromatic carbocycles. The van der Waals surface area contributed by atoms with Crippen molar-refractivity contribution in [3.05, 3.63) is 47.5 Å². The lowest BCUT2D eigenvalue weighted by molar-refractivity contribution is 0.355. The molecular weight excluding hydrogens is 344 g/mol. The van der Waals surface area contributed by atoms with Crippen molar-refractivity contribution in [1.82, 2.24) is 20.2 Å². The number of methoxy groups -OCH3 is 2. The van der Waals surface area contributed by atoms with Gasteiger partial charge in [-0.2, -0.15) is 10.1 Å². The van der Waals surface area contributed by atoms with E-state index in [2.05, 4.69) is 30.7 Å². The Kier molecular flexibility index (Phi) is 4.29. The molecule has 0 bridgehead atoms. The topological polar surface area (TPSA) is 97.3 Å². The standard InChI is InChI=1S/C19H18N6O2/c1-11-5-4-6-13-16(11)21-18-17(13)23-25-19(22-18)24-20-10-12-7-8-14(26-2)15(9-12)27-3/h4-10H,1-3H3,(H2,21,22,24,25)/b20-10+. The highest BCUT2D eigenvalue weighted by molar-refractivity contribution is 6.04. The third kappa shape index (κ3) is 3.12. The zero-order valence-electron chi connectivity index (χ0n) is 15.1. The monoisotopic (exact) mass is 362 g/mol. The minimum atomic E-state index is 0.309. The lowest BCUT2D eigenvalue weighted by Gasteiger charge is -2.07. The number of fused-ring (bicyclic) bond motifs is 3. The molecule has 0 spiro atoms. The summed E-state index contributed by atoms with van der Waals surface area (Å²) >= 11 is 0. The van der Waals surface area contributed by atoms with Crippen molar-refractivity contribution < 1.29 is 9.47 Å². The summed E-state index contributed by atoms with van der Waals surface area (Å²) in [5.74, 6) is 1.60. The summed E-state index contributed by atoms with van der Waals surface area (Å²) in [6.07, 6.45) is 1.64. The number of ether oxygens (including phenoxy) is 2. The minimum absolute atomic E-state index is 0.309. The van der Waals surface area contributed by atoms with E-state index >= 15 is 0 Å². The summed E-state index contributed by atoms with van der Waals surface area (Å²) in [5.41, 5.74) is 7.20. The Morgan fingerprint density at radius 3 is 2.74 bits per heavy atom. The molecule has 0 aliphatic carbocycles. The predicted molar refractivity (Wildman–Crippen MR) is 105 cm³/mol. The Labute approximate surface area is 155 Å². The van der Waals surface area contributed by atoms with E-state index in [1.54, 1.807) is 20.4 Å². The molecule has 2 heterocycles. The van der Waals surface area contributed by atoms with Crippen molar-refractivity contribution in [2.75, 3.05) is 19.6 Å². The number of hydrogen-bond acceptors (Lipinski definition) is 7. The summed E-state index contributed by atoms with van der Waals surface area (Å²) in [5, 5.41) is 13.5. The number of aryl methyl sites for hydroxylation is 1. The Morgan fingerprint density at radius 2 is 1.93 bits per heavy atom. The summed E-state index contributed by atoms with van der Waals surface area (Å²) in [6.45, 7) is 2.04. The fourth-order valence-corrected chi connectivity index (χ4v) is 2.89. The first-order chi connectivity index (χ1) is 13.2. The van der Waals surface area contributed by atoms with Gasteiger partial charge >= 0.3 is 0 Å². The molecule has 4 aromatic rings. The van der Waals surface area contributed by atoms with Crippen LogP contribution in [-0.4, -0.2) is 40.6 Å². The Balaban J connectivity index is 1.58. The van der Waals surface area contributed by atoms with Crippen molar-refractivity contribution in [2.24, 2.45) is 5.10 Å². The molecule has 27 heavy (non-hydrogen) atoms. The first-order valence-corrected chi connectivity index (χ1v) is 8.32. The summed E-state index contributed by atoms with van der Waals surface area (Å²) in [6, 6.07) is 11.5. The highest BCUT2D eigenvalue weighted by Crippen LogP contribution is 2.27. The molecule has 136 valence electrons. The van der Waals surface area contributed by atoms with E-state index in [4.69, 9.17) is 9.47 Å². The summed E-state index contributed by atoms with van der Waals surface area (Å²) in [4.78, 5) is 7.73. The van der Waals surface area contributed by atoms with Crippen molar-refractivity contribution >= 4 is 34.2 Å². The van der Waals surface area contributed by atoms with Crippen molar-refractivity contribution in [2.45, 2.75) is 6.92 Å². The predicted octanol–water partition coefficient (Wildman–Crippen LogP) is 3.28. The number of rotatable bonds is 5. The smallest absolute Gasteiger partial charge is 0.265 e. The largest absolute Gasteiger partial charge is 0.493 e. The van der Waals surface area contributed by atoms with Crippen LogP contribution in [0.15, 0.2) is 41.5 Å². The van der Waals surface area contributed by atoms with Gasteiger partial charge in [0.1, 0.15) is 5.52 Å². The van der Waals surface area contributed by atoms with Gasteiger partial charge in [-0.05, 0) is 36.2 Å². The molecule has 4 rings (SSSR count). The molecule has 8 nitrogen and oxygen atoms in total. The van der Waals surface area contributed by atoms with E-state index < -0.39 is 0 Å². The lowest BCUT2D eigenvalue weighted by Crippen LogP contribution is -1.99. The molecule has 2 N–H and O–H groups in total. The molecule has 0 amide bonds. The molecule has 0 radical (unpaired) electrons. The van der Waals surface area contributed by atoms with Crippen LogP contribution in [0.5, 0.6) is 11.5 Å². The summed E-state index contributed by atoms with van der Waals surface area (Å²) in [7, 11) is 3.19. The van der Waals surface area contributed by atoms with E-state index in [9.17, 15) is 0 Å². The average Bonchev–Trinajstić information content (AvgIpc) is 3.07. The van der Waals surface area contributed by atoms with Gasteiger partial charge in [-0.3, -0.25) is 0 Å². The van der Waals surface area contributed by atoms with Gasteiger partial charge in [0.15, 0.2) is 17.1 Å². The van der Waals surface area contributed by atoms with Crippen molar-refractivity contribution in [3.63, 3.8) is 0 Å². The van der Waals surface area contributed by atoms with Crippen molar-refractivity contribution in [1.29, 1.82) is 0 Å². The average molecular weight is 362 g/mol. The number of aromatic amines is 1. The van der Waals surface area contributed by atoms with Crippen LogP contribution in [0.25, 0.3) is 22.1 Å². The van der Waals surface area contributed by atoms with Crippen LogP contribution in [-0.2, 0) is 0 Å². The maximum Gasteiger partial charge on any atom is 0.265 e. The molecular formula is C19H18N6O2. The molecule has 0 fully saturated rings. The maximum absolute atomic E-state index is 5.28. The van der Waals surface area contributed by atoms with Gasteiger partial charge in [0.05, 0.1) is 26.0 Å². The minimum Gasteiger partial charge on any atom is -0.493 e. The molecule has 0 atom stereocenters. The number of nitrogens with one attached hydrogen (secondary N) is 2. The van der Waals surface area contributed by atoms with Crippen LogP contribution < -0.4 is 14.9 Å². The van der Waals surface area contributed by atoms with E-state index in [0.717, 1.165) is 27.5 Å². The van der Waals surface area contributed by atoms with Crippen LogP contribution in [0.3, 0.4) is 0 Å². The first kappa shape index (κ1) is 16.8. The molecule has 0 saturated heterocycles. The third-order valence-corrected chi connectivity index (χ3v) is 4.24. The molecule has 8 heteroatoms. The Bertz CT molecular complexity index is 1150. The van der Waals surface area contributed by atoms with Gasteiger partial charge < -0.3 is 14.5 Å². The third-order valence-electron chi connectivity index (χ3n) is 4.24. The van der Waals surface area contributed by atoms with Gasteiger partial charge in [-0.15, -0.1) is 10.2 Å². The molecule has 0 aliphatic heterocycles. The van der Waals surface area contributed by atoms with Crippen LogP contribution >= 0.6 is 0 Å². The number of benzene rings is 2. The second-order valence-electron chi connectivity index (χ2n) is 5.94. The zero-order valence-corrected chi connectivity index (χ0v) is 15.1. The van der Waals surface area contributed by atoms with Crippen LogP contribution in [0, 0.1) is 6.92 Å². The molecule has 0 aliphatic rings. The maximum atomic E-state index is 5.28. The Hall–Kier alpha value is -3.68. The van der Waals surface area contributed by atoms with E-state index in [0.29, 0.717) is 23.1 Å². The second kappa shape index (κ2) is 6.91. The quantitative estimate of drug-likeness (QED) is 0.418. The lowest BCUT2D eigenvalue weighted by atomic mass is 10.1. The van der Waals surface area contributed by atoms with Gasteiger partial charge in [-0.1, -0.05) is 18.2 Å². The highest BCUT2D eigenvalue weighted by Gasteiger charge is 2.10. The van der Waals surface area contributed by atoms with E-state index in [1.165, 1.54) is 0 Å². The fraction of sp³-hybridized carbons (Fsp3) is 0.158. The molecule has 0 saturated carbocycles. The van der Waals surface area contributed by atoms with Gasteiger partial charge in [-0.25, -0.2) is 5.43 Å². The number of H-pyrrole nitrogens is 1. The van der Waals surface area contributed by atoms with Crippen molar-refractivity contribution in [3.8, 4) is 11.5 Å². The SMILES string of the molecule is COc1ccc(/C=N/Nc2nnc3c(n2)[nH]c2c(C)cccc23)cc1OC. The number of aromatic nitrogens is 4. The molecule has 0 unspecified atom stereocenters. The molecule has 2 aromatic heterocycles. The van der Waals surface area contributed by atoms with E-state index in [1.807, 2.05) is 43.3 Å².